The van der Waals surface area contributed by atoms with E-state index in [1.165, 1.54) is 11.3 Å². The molecule has 0 unspecified atom stereocenters. The number of carboxylic acids is 1. The second-order valence-corrected chi connectivity index (χ2v) is 4.94. The molecule has 0 atom stereocenters. The third-order valence-electron chi connectivity index (χ3n) is 2.73. The number of amides is 1. The van der Waals surface area contributed by atoms with Crippen molar-refractivity contribution in [2.45, 2.75) is 6.42 Å². The van der Waals surface area contributed by atoms with Crippen LogP contribution in [0.4, 0.5) is 0 Å². The molecule has 0 aromatic carbocycles. The molecule has 1 aromatic rings. The van der Waals surface area contributed by atoms with E-state index in [2.05, 4.69) is 0 Å². The zero-order valence-corrected chi connectivity index (χ0v) is 10.2. The molecule has 5 nitrogen and oxygen atoms in total. The van der Waals surface area contributed by atoms with Gasteiger partial charge in [-0.25, -0.2) is 0 Å². The zero-order valence-electron chi connectivity index (χ0n) is 9.38. The highest BCUT2D eigenvalue weighted by molar-refractivity contribution is 7.12. The molecular weight excluding hydrogens is 242 g/mol. The highest BCUT2D eigenvalue weighted by Gasteiger charge is 2.33. The number of likely N-dealkylation sites (tertiary alicyclic amines) is 1. The molecule has 92 valence electrons. The lowest BCUT2D eigenvalue weighted by atomic mass is 9.96. The quantitative estimate of drug-likeness (QED) is 0.880. The van der Waals surface area contributed by atoms with Crippen molar-refractivity contribution in [2.75, 3.05) is 20.2 Å². The topological polar surface area (TPSA) is 66.8 Å². The van der Waals surface area contributed by atoms with Gasteiger partial charge in [0.25, 0.3) is 5.91 Å². The van der Waals surface area contributed by atoms with Gasteiger partial charge < -0.3 is 14.7 Å². The number of methoxy groups -OCH3 is 1. The van der Waals surface area contributed by atoms with Crippen molar-refractivity contribution in [1.29, 1.82) is 0 Å². The van der Waals surface area contributed by atoms with E-state index in [9.17, 15) is 9.59 Å². The van der Waals surface area contributed by atoms with Gasteiger partial charge in [0, 0.05) is 30.5 Å². The Bertz CT molecular complexity index is 436. The number of aliphatic carboxylic acids is 1. The number of carbonyl (C=O) groups is 2. The number of hydrogen-bond donors (Lipinski definition) is 1. The van der Waals surface area contributed by atoms with Gasteiger partial charge in [0.2, 0.25) is 0 Å². The molecule has 2 heterocycles. The van der Waals surface area contributed by atoms with Crippen LogP contribution in [-0.4, -0.2) is 42.1 Å². The molecule has 6 heteroatoms. The molecule has 1 N–H and O–H groups in total. The van der Waals surface area contributed by atoms with Crippen LogP contribution in [0, 0.1) is 5.92 Å². The highest BCUT2D eigenvalue weighted by atomic mass is 32.1. The molecule has 1 fully saturated rings. The highest BCUT2D eigenvalue weighted by Crippen LogP contribution is 2.26. The fourth-order valence-electron chi connectivity index (χ4n) is 1.81. The van der Waals surface area contributed by atoms with Crippen LogP contribution in [0.2, 0.25) is 0 Å². The summed E-state index contributed by atoms with van der Waals surface area (Å²) in [5, 5.41) is 10.4. The van der Waals surface area contributed by atoms with E-state index in [1.807, 2.05) is 0 Å². The van der Waals surface area contributed by atoms with Crippen LogP contribution in [0.3, 0.4) is 0 Å². The lowest BCUT2D eigenvalue weighted by Crippen LogP contribution is -2.50. The van der Waals surface area contributed by atoms with Crippen molar-refractivity contribution in [3.63, 3.8) is 0 Å². The van der Waals surface area contributed by atoms with Crippen LogP contribution in [0.1, 0.15) is 16.1 Å². The Morgan fingerprint density at radius 1 is 1.59 bits per heavy atom. The Kier molecular flexibility index (Phi) is 3.33. The standard InChI is InChI=1S/C11H13NO4S/c1-16-8-3-9(17-6-8)11(15)12-4-7(5-12)2-10(13)14/h3,6-7H,2,4-5H2,1H3,(H,13,14). The van der Waals surface area contributed by atoms with Crippen molar-refractivity contribution >= 4 is 23.2 Å². The van der Waals surface area contributed by atoms with Gasteiger partial charge in [0.05, 0.1) is 18.4 Å². The molecule has 2 rings (SSSR count). The fraction of sp³-hybridized carbons (Fsp3) is 0.455. The Labute approximate surface area is 103 Å². The number of rotatable bonds is 4. The molecule has 1 aromatic heterocycles. The van der Waals surface area contributed by atoms with E-state index >= 15 is 0 Å². The van der Waals surface area contributed by atoms with Gasteiger partial charge in [-0.2, -0.15) is 0 Å². The van der Waals surface area contributed by atoms with Crippen molar-refractivity contribution in [3.05, 3.63) is 16.3 Å². The first-order valence-corrected chi connectivity index (χ1v) is 6.11. The molecule has 0 aliphatic carbocycles. The lowest BCUT2D eigenvalue weighted by molar-refractivity contribution is -0.139. The van der Waals surface area contributed by atoms with Gasteiger partial charge >= 0.3 is 5.97 Å². The molecule has 17 heavy (non-hydrogen) atoms. The fourth-order valence-corrected chi connectivity index (χ4v) is 2.63. The first-order valence-electron chi connectivity index (χ1n) is 5.23. The van der Waals surface area contributed by atoms with E-state index in [-0.39, 0.29) is 18.2 Å². The third-order valence-corrected chi connectivity index (χ3v) is 3.63. The average Bonchev–Trinajstić information content (AvgIpc) is 2.70. The van der Waals surface area contributed by atoms with Crippen LogP contribution in [0.5, 0.6) is 5.75 Å². The minimum atomic E-state index is -0.806. The minimum Gasteiger partial charge on any atom is -0.496 e. The smallest absolute Gasteiger partial charge is 0.303 e. The number of hydrogen-bond acceptors (Lipinski definition) is 4. The summed E-state index contributed by atoms with van der Waals surface area (Å²) in [4.78, 5) is 24.7. The summed E-state index contributed by atoms with van der Waals surface area (Å²) < 4.78 is 5.01. The zero-order chi connectivity index (χ0) is 12.4. The monoisotopic (exact) mass is 255 g/mol. The maximum atomic E-state index is 11.9. The van der Waals surface area contributed by atoms with Gasteiger partial charge in [-0.15, -0.1) is 11.3 Å². The molecule has 0 bridgehead atoms. The van der Waals surface area contributed by atoms with Crippen molar-refractivity contribution in [1.82, 2.24) is 4.90 Å². The molecule has 0 spiro atoms. The summed E-state index contributed by atoms with van der Waals surface area (Å²) in [6.07, 6.45) is 0.136. The van der Waals surface area contributed by atoms with Gasteiger partial charge in [0.15, 0.2) is 0 Å². The summed E-state index contributed by atoms with van der Waals surface area (Å²) >= 11 is 1.34. The van der Waals surface area contributed by atoms with Crippen LogP contribution in [0.15, 0.2) is 11.4 Å². The summed E-state index contributed by atoms with van der Waals surface area (Å²) in [7, 11) is 1.56. The van der Waals surface area contributed by atoms with Gasteiger partial charge in [0.1, 0.15) is 5.75 Å². The van der Waals surface area contributed by atoms with Crippen LogP contribution < -0.4 is 4.74 Å². The third kappa shape index (κ3) is 2.58. The predicted octanol–water partition coefficient (Wildman–Crippen LogP) is 1.30. The van der Waals surface area contributed by atoms with E-state index < -0.39 is 5.97 Å². The Morgan fingerprint density at radius 3 is 2.82 bits per heavy atom. The molecule has 1 aliphatic rings. The van der Waals surface area contributed by atoms with Crippen LogP contribution in [0.25, 0.3) is 0 Å². The van der Waals surface area contributed by atoms with Crippen molar-refractivity contribution in [3.8, 4) is 5.75 Å². The summed E-state index contributed by atoms with van der Waals surface area (Å²) in [6, 6.07) is 1.71. The Balaban J connectivity index is 1.88. The molecule has 1 amide bonds. The normalized spacial score (nSPS) is 15.5. The summed E-state index contributed by atoms with van der Waals surface area (Å²) in [5.41, 5.74) is 0. The van der Waals surface area contributed by atoms with Crippen LogP contribution in [-0.2, 0) is 4.79 Å². The second-order valence-electron chi connectivity index (χ2n) is 4.02. The second kappa shape index (κ2) is 4.75. The minimum absolute atomic E-state index is 0.0417. The number of nitrogens with zero attached hydrogens (tertiary/aromatic N) is 1. The summed E-state index contributed by atoms with van der Waals surface area (Å²) in [5.74, 6) is -0.0703. The van der Waals surface area contributed by atoms with Gasteiger partial charge in [-0.3, -0.25) is 9.59 Å². The van der Waals surface area contributed by atoms with Gasteiger partial charge in [-0.05, 0) is 0 Å². The van der Waals surface area contributed by atoms with Crippen molar-refractivity contribution in [2.24, 2.45) is 5.92 Å². The van der Waals surface area contributed by atoms with E-state index in [0.29, 0.717) is 23.7 Å². The first kappa shape index (κ1) is 11.9. The number of thiophene rings is 1. The van der Waals surface area contributed by atoms with E-state index in [4.69, 9.17) is 9.84 Å². The number of carbonyl (C=O) groups excluding carboxylic acids is 1. The largest absolute Gasteiger partial charge is 0.496 e. The molecule has 0 saturated carbocycles. The van der Waals surface area contributed by atoms with E-state index in [0.717, 1.165) is 0 Å². The SMILES string of the molecule is COc1csc(C(=O)N2CC(CC(=O)O)C2)c1. The number of ether oxygens (including phenoxy) is 1. The maximum Gasteiger partial charge on any atom is 0.303 e. The maximum absolute atomic E-state index is 11.9. The Morgan fingerprint density at radius 2 is 2.29 bits per heavy atom. The van der Waals surface area contributed by atoms with Crippen molar-refractivity contribution < 1.29 is 19.4 Å². The molecule has 1 aliphatic heterocycles. The average molecular weight is 255 g/mol. The number of carboxylic acid groups (broad SMARTS) is 1. The van der Waals surface area contributed by atoms with E-state index in [1.54, 1.807) is 23.5 Å². The lowest BCUT2D eigenvalue weighted by Gasteiger charge is -2.38. The van der Waals surface area contributed by atoms with Gasteiger partial charge in [-0.1, -0.05) is 0 Å². The molecular formula is C11H13NO4S. The predicted molar refractivity (Wildman–Crippen MR) is 62.5 cm³/mol. The first-order chi connectivity index (χ1) is 8.10. The van der Waals surface area contributed by atoms with Crippen LogP contribution >= 0.6 is 11.3 Å². The summed E-state index contributed by atoms with van der Waals surface area (Å²) in [6.45, 7) is 1.07. The molecule has 0 radical (unpaired) electrons. The Hall–Kier alpha value is -1.56. The molecule has 1 saturated heterocycles.